The van der Waals surface area contributed by atoms with Crippen LogP contribution in [0, 0.1) is 6.92 Å². The second-order valence-corrected chi connectivity index (χ2v) is 6.44. The predicted octanol–water partition coefficient (Wildman–Crippen LogP) is 3.62. The van der Waals surface area contributed by atoms with E-state index in [1.165, 1.54) is 0 Å². The van der Waals surface area contributed by atoms with Gasteiger partial charge in [0.1, 0.15) is 5.75 Å². The summed E-state index contributed by atoms with van der Waals surface area (Å²) in [5.41, 5.74) is 6.67. The van der Waals surface area contributed by atoms with Crippen LogP contribution in [-0.4, -0.2) is 17.9 Å². The number of aryl methyl sites for hydroxylation is 1. The van der Waals surface area contributed by atoms with E-state index in [1.807, 2.05) is 26.8 Å². The van der Waals surface area contributed by atoms with Crippen LogP contribution in [0.1, 0.15) is 40.1 Å². The molecule has 0 aliphatic heterocycles. The Morgan fingerprint density at radius 2 is 1.62 bits per heavy atom. The van der Waals surface area contributed by atoms with E-state index >= 15 is 0 Å². The zero-order valence-corrected chi connectivity index (χ0v) is 15.3. The van der Waals surface area contributed by atoms with E-state index < -0.39 is 5.91 Å². The fourth-order valence-corrected chi connectivity index (χ4v) is 2.51. The van der Waals surface area contributed by atoms with Crippen LogP contribution < -0.4 is 15.6 Å². The van der Waals surface area contributed by atoms with Crippen molar-refractivity contribution < 1.29 is 14.3 Å². The zero-order valence-electron chi connectivity index (χ0n) is 13.7. The first-order chi connectivity index (χ1) is 11.4. The smallest absolute Gasteiger partial charge is 0.269 e. The lowest BCUT2D eigenvalue weighted by Gasteiger charge is -2.13. The summed E-state index contributed by atoms with van der Waals surface area (Å²) in [5, 5.41) is 0. The molecule has 0 atom stereocenters. The van der Waals surface area contributed by atoms with Gasteiger partial charge in [0.15, 0.2) is 0 Å². The van der Waals surface area contributed by atoms with Gasteiger partial charge in [0.25, 0.3) is 11.8 Å². The Bertz CT molecular complexity index is 760. The Kier molecular flexibility index (Phi) is 5.98. The molecule has 0 fully saturated rings. The van der Waals surface area contributed by atoms with Crippen molar-refractivity contribution in [1.29, 1.82) is 0 Å². The SMILES string of the molecule is Cc1cccc(C(=O)NNC(=O)c2ccc(OC(C)C)c(Br)c2)c1. The molecule has 6 heteroatoms. The molecule has 126 valence electrons. The maximum atomic E-state index is 12.1. The summed E-state index contributed by atoms with van der Waals surface area (Å²) in [7, 11) is 0. The van der Waals surface area contributed by atoms with E-state index in [-0.39, 0.29) is 12.0 Å². The first-order valence-electron chi connectivity index (χ1n) is 7.50. The molecule has 0 bridgehead atoms. The molecule has 0 aliphatic rings. The lowest BCUT2D eigenvalue weighted by molar-refractivity contribution is 0.0846. The van der Waals surface area contributed by atoms with E-state index in [9.17, 15) is 9.59 Å². The quantitative estimate of drug-likeness (QED) is 0.783. The number of nitrogens with one attached hydrogen (secondary N) is 2. The highest BCUT2D eigenvalue weighted by molar-refractivity contribution is 9.10. The second kappa shape index (κ2) is 7.97. The highest BCUT2D eigenvalue weighted by Gasteiger charge is 2.12. The van der Waals surface area contributed by atoms with Crippen LogP contribution in [0.15, 0.2) is 46.9 Å². The number of halogens is 1. The zero-order chi connectivity index (χ0) is 17.7. The molecule has 2 amide bonds. The molecule has 5 nitrogen and oxygen atoms in total. The van der Waals surface area contributed by atoms with Gasteiger partial charge in [-0.2, -0.15) is 0 Å². The Hall–Kier alpha value is -2.34. The van der Waals surface area contributed by atoms with E-state index in [2.05, 4.69) is 26.8 Å². The summed E-state index contributed by atoms with van der Waals surface area (Å²) in [6, 6.07) is 12.1. The Morgan fingerprint density at radius 1 is 1.00 bits per heavy atom. The van der Waals surface area contributed by atoms with E-state index in [1.54, 1.807) is 36.4 Å². The first-order valence-corrected chi connectivity index (χ1v) is 8.29. The van der Waals surface area contributed by atoms with Gasteiger partial charge in [0.2, 0.25) is 0 Å². The maximum Gasteiger partial charge on any atom is 0.269 e. The number of carbonyl (C=O) groups excluding carboxylic acids is 2. The molecule has 0 aliphatic carbocycles. The minimum Gasteiger partial charge on any atom is -0.490 e. The summed E-state index contributed by atoms with van der Waals surface area (Å²) in [4.78, 5) is 24.2. The minimum absolute atomic E-state index is 0.0367. The lowest BCUT2D eigenvalue weighted by Crippen LogP contribution is -2.41. The van der Waals surface area contributed by atoms with Gasteiger partial charge >= 0.3 is 0 Å². The van der Waals surface area contributed by atoms with Crippen molar-refractivity contribution in [2.24, 2.45) is 0 Å². The van der Waals surface area contributed by atoms with Crippen LogP contribution in [0.4, 0.5) is 0 Å². The molecule has 0 saturated heterocycles. The average molecular weight is 391 g/mol. The molecular formula is C18H19BrN2O3. The molecule has 0 radical (unpaired) electrons. The van der Waals surface area contributed by atoms with Crippen molar-refractivity contribution in [2.75, 3.05) is 0 Å². The van der Waals surface area contributed by atoms with Crippen LogP contribution in [0.25, 0.3) is 0 Å². The molecule has 0 aromatic heterocycles. The molecule has 2 rings (SSSR count). The van der Waals surface area contributed by atoms with Crippen molar-refractivity contribution in [1.82, 2.24) is 10.9 Å². The summed E-state index contributed by atoms with van der Waals surface area (Å²) < 4.78 is 6.27. The average Bonchev–Trinajstić information content (AvgIpc) is 2.53. The second-order valence-electron chi connectivity index (χ2n) is 5.59. The van der Waals surface area contributed by atoms with Crippen LogP contribution in [0.3, 0.4) is 0 Å². The van der Waals surface area contributed by atoms with Crippen LogP contribution in [-0.2, 0) is 0 Å². The highest BCUT2D eigenvalue weighted by atomic mass is 79.9. The lowest BCUT2D eigenvalue weighted by atomic mass is 10.1. The number of hydrogen-bond acceptors (Lipinski definition) is 3. The molecule has 2 N–H and O–H groups in total. The number of hydrogen-bond donors (Lipinski definition) is 2. The number of rotatable bonds is 4. The van der Waals surface area contributed by atoms with Crippen LogP contribution in [0.2, 0.25) is 0 Å². The Balaban J connectivity index is 2.00. The standard InChI is InChI=1S/C18H19BrN2O3/c1-11(2)24-16-8-7-14(10-15(16)19)18(23)21-20-17(22)13-6-4-5-12(3)9-13/h4-11H,1-3H3,(H,20,22)(H,21,23). The van der Waals surface area contributed by atoms with Gasteiger partial charge in [0.05, 0.1) is 10.6 Å². The molecule has 0 heterocycles. The molecule has 0 unspecified atom stereocenters. The van der Waals surface area contributed by atoms with Crippen LogP contribution >= 0.6 is 15.9 Å². The van der Waals surface area contributed by atoms with Crippen molar-refractivity contribution in [2.45, 2.75) is 26.9 Å². The fourth-order valence-electron chi connectivity index (χ4n) is 2.04. The van der Waals surface area contributed by atoms with Gasteiger partial charge in [-0.05, 0) is 67.0 Å². The van der Waals surface area contributed by atoms with Crippen molar-refractivity contribution in [3.05, 3.63) is 63.6 Å². The minimum atomic E-state index is -0.409. The van der Waals surface area contributed by atoms with Gasteiger partial charge < -0.3 is 4.74 Å². The number of carbonyl (C=O) groups is 2. The number of ether oxygens (including phenoxy) is 1. The Morgan fingerprint density at radius 3 is 2.17 bits per heavy atom. The van der Waals surface area contributed by atoms with Crippen LogP contribution in [0.5, 0.6) is 5.75 Å². The predicted molar refractivity (Wildman–Crippen MR) is 96.0 cm³/mol. The normalized spacial score (nSPS) is 10.4. The third-order valence-electron chi connectivity index (χ3n) is 3.13. The third kappa shape index (κ3) is 4.83. The van der Waals surface area contributed by atoms with Crippen molar-refractivity contribution in [3.8, 4) is 5.75 Å². The van der Waals surface area contributed by atoms with E-state index in [4.69, 9.17) is 4.74 Å². The summed E-state index contributed by atoms with van der Waals surface area (Å²) in [5.74, 6) is -0.121. The monoisotopic (exact) mass is 390 g/mol. The highest BCUT2D eigenvalue weighted by Crippen LogP contribution is 2.26. The number of hydrazine groups is 1. The molecular weight excluding hydrogens is 372 g/mol. The van der Waals surface area contributed by atoms with Crippen molar-refractivity contribution in [3.63, 3.8) is 0 Å². The third-order valence-corrected chi connectivity index (χ3v) is 3.75. The van der Waals surface area contributed by atoms with E-state index in [0.29, 0.717) is 21.3 Å². The maximum absolute atomic E-state index is 12.1. The molecule has 2 aromatic carbocycles. The van der Waals surface area contributed by atoms with Gasteiger partial charge in [-0.1, -0.05) is 17.7 Å². The largest absolute Gasteiger partial charge is 0.490 e. The molecule has 24 heavy (non-hydrogen) atoms. The number of benzene rings is 2. The molecule has 0 saturated carbocycles. The van der Waals surface area contributed by atoms with Crippen molar-refractivity contribution >= 4 is 27.7 Å². The van der Waals surface area contributed by atoms with E-state index in [0.717, 1.165) is 5.56 Å². The Labute approximate surface area is 149 Å². The fraction of sp³-hybridized carbons (Fsp3) is 0.222. The van der Waals surface area contributed by atoms with Gasteiger partial charge in [-0.3, -0.25) is 20.4 Å². The van der Waals surface area contributed by atoms with Gasteiger partial charge in [-0.15, -0.1) is 0 Å². The number of amides is 2. The summed E-state index contributed by atoms with van der Waals surface area (Å²) >= 11 is 3.38. The first kappa shape index (κ1) is 18.0. The topological polar surface area (TPSA) is 67.4 Å². The summed E-state index contributed by atoms with van der Waals surface area (Å²) in [6.07, 6.45) is 0.0367. The molecule has 2 aromatic rings. The summed E-state index contributed by atoms with van der Waals surface area (Å²) in [6.45, 7) is 5.75. The molecule has 0 spiro atoms. The van der Waals surface area contributed by atoms with Gasteiger partial charge in [-0.25, -0.2) is 0 Å². The van der Waals surface area contributed by atoms with Gasteiger partial charge in [0, 0.05) is 11.1 Å².